The molecule has 0 saturated carbocycles. The predicted octanol–water partition coefficient (Wildman–Crippen LogP) is 16.3. The van der Waals surface area contributed by atoms with E-state index in [1.807, 2.05) is 41.5 Å². The second-order valence-corrected chi connectivity index (χ2v) is 38.8. The van der Waals surface area contributed by atoms with Crippen LogP contribution in [-0.2, 0) is 90.5 Å². The Morgan fingerprint density at radius 3 is 0.866 bits per heavy atom. The lowest BCUT2D eigenvalue weighted by atomic mass is 9.98. The number of rotatable bonds is 63. The highest BCUT2D eigenvalue weighted by Gasteiger charge is 2.47. The molecule has 34 nitrogen and oxygen atoms in total. The van der Waals surface area contributed by atoms with E-state index >= 15 is 0 Å². The Morgan fingerprint density at radius 1 is 0.268 bits per heavy atom. The minimum absolute atomic E-state index is 0.0375. The first-order valence-electron chi connectivity index (χ1n) is 46.6. The van der Waals surface area contributed by atoms with Crippen molar-refractivity contribution < 1.29 is 119 Å². The van der Waals surface area contributed by atoms with Crippen molar-refractivity contribution in [3.8, 4) is 0 Å². The van der Waals surface area contributed by atoms with Gasteiger partial charge in [-0.3, -0.25) is 38.4 Å². The number of carbonyl (C=O) groups excluding carboxylic acids is 14. The monoisotopic (exact) mass is 1810 g/mol. The number of amides is 9. The number of nitrogens with one attached hydrogen (secondary N) is 5. The largest absolute Gasteiger partial charge is 0.462 e. The zero-order chi connectivity index (χ0) is 96.4. The Kier molecular flexibility index (Phi) is 59.8. The molecule has 0 aromatic rings. The normalized spacial score (nSPS) is 12.8. The molecule has 0 fully saturated rings. The number of carbonyl (C=O) groups is 14. The quantitative estimate of drug-likeness (QED) is 0.0214. The van der Waals surface area contributed by atoms with E-state index in [0.29, 0.717) is 103 Å². The molecule has 0 rings (SSSR count). The minimum atomic E-state index is -1.83. The van der Waals surface area contributed by atoms with Crippen molar-refractivity contribution in [2.24, 2.45) is 5.92 Å². The number of nitrogens with zero attached hydrogens (tertiary/aromatic N) is 4. The summed E-state index contributed by atoms with van der Waals surface area (Å²) < 4.78 is 60.7. The Hall–Kier alpha value is -8.62. The van der Waals surface area contributed by atoms with Gasteiger partial charge in [-0.15, -0.1) is 0 Å². The smallest absolute Gasteiger partial charge is 0.410 e. The summed E-state index contributed by atoms with van der Waals surface area (Å²) >= 11 is 0. The molecule has 0 radical (unpaired) electrons. The van der Waals surface area contributed by atoms with Crippen LogP contribution < -0.4 is 26.6 Å². The summed E-state index contributed by atoms with van der Waals surface area (Å²) in [5.74, 6) is -5.38. The van der Waals surface area contributed by atoms with Gasteiger partial charge in [0.25, 0.3) is 5.91 Å². The van der Waals surface area contributed by atoms with Gasteiger partial charge >= 0.3 is 66.4 Å². The molecule has 5 N–H and O–H groups in total. The van der Waals surface area contributed by atoms with Crippen LogP contribution in [0.25, 0.3) is 0 Å². The van der Waals surface area contributed by atoms with Crippen LogP contribution in [0.1, 0.15) is 358 Å². The van der Waals surface area contributed by atoms with Crippen molar-refractivity contribution in [3.05, 3.63) is 0 Å². The van der Waals surface area contributed by atoms with Gasteiger partial charge in [-0.1, -0.05) is 109 Å². The zero-order valence-electron chi connectivity index (χ0n) is 82.2. The van der Waals surface area contributed by atoms with Crippen LogP contribution in [0.3, 0.4) is 0 Å². The SMILES string of the molecule is CC(=O)OC[C@H](OC(C)=O)[C@@H](OC(C)=O)[C@H](OC(C)=O)[C@@H](OC(C)=O)C(=O)NCCCCCCCCCCCC(=O)NCCCCCCCCCCCC(=O)NCCCCCCC(CN(CCCCN(CCCNC(=O)OC(C)(C)C)C(=O)OC(C)(C)C)C(=O)OC(C)(C)C)CN(CCCCN(CCCNC(=O)OC(C)(C)C)C(=O)OC(C)(C)C)C(=O)OC(C)(C)C. The molecule has 0 heterocycles. The Bertz CT molecular complexity index is 3120. The summed E-state index contributed by atoms with van der Waals surface area (Å²) in [5, 5.41) is 14.4. The lowest BCUT2D eigenvalue weighted by Gasteiger charge is -2.34. The van der Waals surface area contributed by atoms with Crippen LogP contribution in [0.15, 0.2) is 0 Å². The molecular weight excluding hydrogens is 1640 g/mol. The fourth-order valence-electron chi connectivity index (χ4n) is 13.3. The van der Waals surface area contributed by atoms with Gasteiger partial charge in [0.15, 0.2) is 18.3 Å². The first kappa shape index (κ1) is 118. The highest BCUT2D eigenvalue weighted by molar-refractivity contribution is 5.85. The lowest BCUT2D eigenvalue weighted by molar-refractivity contribution is -0.203. The molecule has 4 atom stereocenters. The minimum Gasteiger partial charge on any atom is -0.462 e. The maximum Gasteiger partial charge on any atom is 0.410 e. The van der Waals surface area contributed by atoms with Crippen molar-refractivity contribution in [3.63, 3.8) is 0 Å². The first-order valence-corrected chi connectivity index (χ1v) is 46.6. The van der Waals surface area contributed by atoms with Gasteiger partial charge in [0.2, 0.25) is 17.9 Å². The van der Waals surface area contributed by atoms with Crippen LogP contribution in [0.4, 0.5) is 28.8 Å². The summed E-state index contributed by atoms with van der Waals surface area (Å²) in [6.45, 7) is 41.1. The van der Waals surface area contributed by atoms with Gasteiger partial charge in [-0.05, 0) is 208 Å². The third kappa shape index (κ3) is 69.1. The van der Waals surface area contributed by atoms with Crippen LogP contribution in [-0.4, -0.2) is 253 Å². The molecule has 0 spiro atoms. The Morgan fingerprint density at radius 2 is 0.543 bits per heavy atom. The summed E-state index contributed by atoms with van der Waals surface area (Å²) in [4.78, 5) is 187. The van der Waals surface area contributed by atoms with Gasteiger partial charge in [0, 0.05) is 133 Å². The van der Waals surface area contributed by atoms with Crippen molar-refractivity contribution in [1.82, 2.24) is 46.2 Å². The van der Waals surface area contributed by atoms with E-state index in [-0.39, 0.29) is 63.5 Å². The van der Waals surface area contributed by atoms with Gasteiger partial charge < -0.3 is 98.3 Å². The molecule has 0 aliphatic heterocycles. The van der Waals surface area contributed by atoms with Crippen LogP contribution in [0.5, 0.6) is 0 Å². The second-order valence-electron chi connectivity index (χ2n) is 38.8. The van der Waals surface area contributed by atoms with Gasteiger partial charge in [-0.2, -0.15) is 0 Å². The molecule has 9 amide bonds. The van der Waals surface area contributed by atoms with Crippen molar-refractivity contribution in [2.75, 3.05) is 91.7 Å². The third-order valence-electron chi connectivity index (χ3n) is 18.9. The highest BCUT2D eigenvalue weighted by Crippen LogP contribution is 2.25. The van der Waals surface area contributed by atoms with E-state index in [2.05, 4.69) is 26.6 Å². The number of ether oxygens (including phenoxy) is 11. The van der Waals surface area contributed by atoms with E-state index in [4.69, 9.17) is 52.1 Å². The van der Waals surface area contributed by atoms with E-state index in [0.717, 1.165) is 169 Å². The molecular formula is C93H169N9O25. The molecule has 34 heteroatoms. The van der Waals surface area contributed by atoms with Crippen LogP contribution in [0.2, 0.25) is 0 Å². The number of unbranched alkanes of at least 4 members (excludes halogenated alkanes) is 21. The molecule has 0 saturated heterocycles. The first-order chi connectivity index (χ1) is 59.1. The molecule has 127 heavy (non-hydrogen) atoms. The highest BCUT2D eigenvalue weighted by atomic mass is 16.6. The predicted molar refractivity (Wildman–Crippen MR) is 484 cm³/mol. The molecule has 0 aliphatic carbocycles. The van der Waals surface area contributed by atoms with E-state index < -0.39 is 137 Å². The van der Waals surface area contributed by atoms with Crippen molar-refractivity contribution in [2.45, 2.75) is 416 Å². The van der Waals surface area contributed by atoms with E-state index in [1.165, 1.54) is 0 Å². The summed E-state index contributed by atoms with van der Waals surface area (Å²) in [6.07, 6.45) is 15.0. The molecule has 0 aromatic carbocycles. The Labute approximate surface area is 760 Å². The number of esters is 5. The van der Waals surface area contributed by atoms with Crippen molar-refractivity contribution in [1.29, 1.82) is 0 Å². The topological polar surface area (TPSA) is 414 Å². The maximum atomic E-state index is 14.4. The molecule has 0 aromatic heterocycles. The lowest BCUT2D eigenvalue weighted by Crippen LogP contribution is -2.57. The average molecular weight is 1810 g/mol. The summed E-state index contributed by atoms with van der Waals surface area (Å²) in [7, 11) is 0. The Balaban J connectivity index is 5.52. The molecule has 0 aliphatic rings. The molecule has 0 bridgehead atoms. The number of hydrogen-bond acceptors (Lipinski definition) is 25. The van der Waals surface area contributed by atoms with Gasteiger partial charge in [0.05, 0.1) is 0 Å². The second kappa shape index (κ2) is 64.2. The average Bonchev–Trinajstić information content (AvgIpc) is 0.817. The van der Waals surface area contributed by atoms with Crippen LogP contribution >= 0.6 is 0 Å². The molecule has 736 valence electrons. The van der Waals surface area contributed by atoms with Gasteiger partial charge in [-0.25, -0.2) is 28.8 Å². The number of alkyl carbamates (subject to hydrolysis) is 2. The molecule has 0 unspecified atom stereocenters. The fourth-order valence-corrected chi connectivity index (χ4v) is 13.3. The van der Waals surface area contributed by atoms with E-state index in [1.54, 1.807) is 103 Å². The zero-order valence-corrected chi connectivity index (χ0v) is 82.2. The van der Waals surface area contributed by atoms with Gasteiger partial charge in [0.1, 0.15) is 40.2 Å². The summed E-state index contributed by atoms with van der Waals surface area (Å²) in [5.41, 5.74) is -4.53. The van der Waals surface area contributed by atoms with Crippen LogP contribution in [0, 0.1) is 5.92 Å². The third-order valence-corrected chi connectivity index (χ3v) is 18.9. The van der Waals surface area contributed by atoms with E-state index in [9.17, 15) is 67.1 Å². The number of hydrogen-bond donors (Lipinski definition) is 5. The maximum absolute atomic E-state index is 14.4. The summed E-state index contributed by atoms with van der Waals surface area (Å²) in [6, 6.07) is 0. The fraction of sp³-hybridized carbons (Fsp3) is 0.849. The standard InChI is InChI=1S/C93H169N9O25/c1-69(103)117-68-75(118-70(2)104)78(119-71(3)105)79(120-72(4)106)80(121-73(5)107)81(110)96-57-45-38-33-29-25-27-31-35-41-53-76(108)94-55-43-37-32-28-24-26-30-34-42-54-77(109)95-56-44-39-36-40-52-74(66-101(86(115)126-92(18,19)20)62-48-46-60-99(84(113)124-90(12,13)14)64-50-58-97-82(111)122-88(6,7)8)67-102(87(116)127-93(21,22)23)63-49-47-61-100(85(114)125-91(15,16)17)65-51-59-98-83(112)123-89(9,10)11/h74-75,78-80H,24-68H2,1-23H3,(H,94,108)(H,95,109)(H,96,110)(H,97,111)(H,98,112)/t75-,78+,79-,80+/m0/s1. The van der Waals surface area contributed by atoms with Crippen molar-refractivity contribution >= 4 is 84.1 Å².